The molecule has 4 rings (SSSR count). The molecule has 43 heavy (non-hydrogen) atoms. The number of H-pyrrole nitrogens is 1. The summed E-state index contributed by atoms with van der Waals surface area (Å²) in [6.45, 7) is 7.26. The van der Waals surface area contributed by atoms with Crippen LogP contribution >= 0.6 is 0 Å². The Morgan fingerprint density at radius 3 is 2.58 bits per heavy atom. The van der Waals surface area contributed by atoms with E-state index in [2.05, 4.69) is 26.0 Å². The fraction of sp³-hybridized carbons (Fsp3) is 0.600. The maximum atomic E-state index is 13.2. The number of para-hydroxylation sites is 1. The smallest absolute Gasteiger partial charge is 0.305 e. The topological polar surface area (TPSA) is 206 Å². The van der Waals surface area contributed by atoms with Crippen LogP contribution in [0.1, 0.15) is 57.9 Å². The molecule has 0 spiro atoms. The SMILES string of the molecule is CC.N=NC(N)C(Cc1c[nH]c2ccccc12)NC(=O)C(CC(=O)O)NC(=O)CC1CCN(CCC2CCNCC2)C1=O. The van der Waals surface area contributed by atoms with E-state index < -0.39 is 48.4 Å². The van der Waals surface area contributed by atoms with Crippen LogP contribution in [0, 0.1) is 17.4 Å². The van der Waals surface area contributed by atoms with Crippen molar-refractivity contribution in [2.45, 2.75) is 77.0 Å². The monoisotopic (exact) mass is 598 g/mol. The lowest BCUT2D eigenvalue weighted by Crippen LogP contribution is -2.55. The van der Waals surface area contributed by atoms with Crippen molar-refractivity contribution in [3.8, 4) is 0 Å². The van der Waals surface area contributed by atoms with Gasteiger partial charge in [0.2, 0.25) is 17.7 Å². The van der Waals surface area contributed by atoms with Crippen molar-refractivity contribution >= 4 is 34.6 Å². The molecule has 13 nitrogen and oxygen atoms in total. The van der Waals surface area contributed by atoms with E-state index in [1.54, 1.807) is 6.20 Å². The van der Waals surface area contributed by atoms with Gasteiger partial charge >= 0.3 is 5.97 Å². The van der Waals surface area contributed by atoms with Crippen LogP contribution in [0.5, 0.6) is 0 Å². The van der Waals surface area contributed by atoms with E-state index in [9.17, 15) is 24.3 Å². The molecule has 8 N–H and O–H groups in total. The van der Waals surface area contributed by atoms with Crippen molar-refractivity contribution in [2.24, 2.45) is 22.7 Å². The second kappa shape index (κ2) is 16.7. The quantitative estimate of drug-likeness (QED) is 0.161. The molecule has 4 unspecified atom stereocenters. The predicted octanol–water partition coefficient (Wildman–Crippen LogP) is 2.12. The van der Waals surface area contributed by atoms with Crippen LogP contribution < -0.4 is 21.7 Å². The Kier molecular flexibility index (Phi) is 13.1. The first-order valence-electron chi connectivity index (χ1n) is 15.2. The van der Waals surface area contributed by atoms with Gasteiger partial charge < -0.3 is 36.7 Å². The number of hydrogen-bond donors (Lipinski definition) is 7. The second-order valence-corrected chi connectivity index (χ2v) is 11.0. The Hall–Kier alpha value is -3.84. The number of aromatic amines is 1. The molecule has 2 aliphatic rings. The van der Waals surface area contributed by atoms with Gasteiger partial charge in [-0.1, -0.05) is 32.0 Å². The van der Waals surface area contributed by atoms with E-state index in [1.165, 1.54) is 0 Å². The summed E-state index contributed by atoms with van der Waals surface area (Å²) in [4.78, 5) is 55.5. The number of carboxylic acids is 1. The third-order valence-corrected chi connectivity index (χ3v) is 8.14. The van der Waals surface area contributed by atoms with Gasteiger partial charge in [0.15, 0.2) is 0 Å². The lowest BCUT2D eigenvalue weighted by Gasteiger charge is -2.25. The third kappa shape index (κ3) is 9.58. The van der Waals surface area contributed by atoms with Gasteiger partial charge in [-0.3, -0.25) is 19.2 Å². The van der Waals surface area contributed by atoms with Gasteiger partial charge in [-0.15, -0.1) is 0 Å². The number of piperidine rings is 1. The number of nitrogens with two attached hydrogens (primary N) is 1. The lowest BCUT2D eigenvalue weighted by atomic mass is 9.94. The number of carbonyl (C=O) groups is 4. The summed E-state index contributed by atoms with van der Waals surface area (Å²) in [5, 5.41) is 22.2. The van der Waals surface area contributed by atoms with E-state index in [0.29, 0.717) is 25.4 Å². The maximum Gasteiger partial charge on any atom is 0.305 e. The van der Waals surface area contributed by atoms with E-state index in [1.807, 2.05) is 43.0 Å². The number of carbonyl (C=O) groups excluding carboxylic acids is 3. The Balaban J connectivity index is 0.00000248. The van der Waals surface area contributed by atoms with E-state index in [4.69, 9.17) is 11.3 Å². The molecule has 0 aliphatic carbocycles. The molecule has 0 radical (unpaired) electrons. The molecule has 2 aromatic rings. The number of rotatable bonds is 14. The summed E-state index contributed by atoms with van der Waals surface area (Å²) in [5.41, 5.74) is 15.1. The first-order chi connectivity index (χ1) is 20.7. The minimum Gasteiger partial charge on any atom is -0.481 e. The van der Waals surface area contributed by atoms with Gasteiger partial charge in [-0.2, -0.15) is 5.11 Å². The average Bonchev–Trinajstić information content (AvgIpc) is 3.58. The number of carboxylic acid groups (broad SMARTS) is 1. The van der Waals surface area contributed by atoms with Crippen LogP contribution in [-0.2, 0) is 25.6 Å². The van der Waals surface area contributed by atoms with Crippen LogP contribution in [0.15, 0.2) is 35.6 Å². The fourth-order valence-corrected chi connectivity index (χ4v) is 5.75. The summed E-state index contributed by atoms with van der Waals surface area (Å²) in [5.74, 6) is -2.55. The lowest BCUT2D eigenvalue weighted by molar-refractivity contribution is -0.141. The zero-order valence-corrected chi connectivity index (χ0v) is 25.1. The van der Waals surface area contributed by atoms with Gasteiger partial charge in [0.25, 0.3) is 0 Å². The molecule has 3 amide bonds. The molecule has 1 aromatic carbocycles. The second-order valence-electron chi connectivity index (χ2n) is 11.0. The molecular formula is C30H46N8O5. The minimum atomic E-state index is -1.38. The van der Waals surface area contributed by atoms with Crippen LogP contribution in [0.3, 0.4) is 0 Å². The van der Waals surface area contributed by atoms with Crippen molar-refractivity contribution in [1.29, 1.82) is 5.53 Å². The van der Waals surface area contributed by atoms with Crippen molar-refractivity contribution in [1.82, 2.24) is 25.8 Å². The van der Waals surface area contributed by atoms with Gasteiger partial charge in [0.05, 0.1) is 12.5 Å². The first kappa shape index (κ1) is 33.7. The average molecular weight is 599 g/mol. The van der Waals surface area contributed by atoms with E-state index in [-0.39, 0.29) is 18.7 Å². The van der Waals surface area contributed by atoms with Crippen LogP contribution in [0.4, 0.5) is 0 Å². The van der Waals surface area contributed by atoms with Gasteiger partial charge in [-0.05, 0) is 62.7 Å². The number of nitrogens with zero attached hydrogens (tertiary/aromatic N) is 2. The number of aliphatic carboxylic acids is 1. The number of aromatic nitrogens is 1. The van der Waals surface area contributed by atoms with Gasteiger partial charge in [-0.25, -0.2) is 5.53 Å². The Morgan fingerprint density at radius 2 is 1.88 bits per heavy atom. The highest BCUT2D eigenvalue weighted by atomic mass is 16.4. The molecule has 2 saturated heterocycles. The van der Waals surface area contributed by atoms with Crippen molar-refractivity contribution in [3.63, 3.8) is 0 Å². The molecule has 2 aliphatic heterocycles. The third-order valence-electron chi connectivity index (χ3n) is 8.14. The zero-order chi connectivity index (χ0) is 31.4. The molecule has 2 fully saturated rings. The van der Waals surface area contributed by atoms with E-state index in [0.717, 1.165) is 48.8 Å². The molecule has 3 heterocycles. The van der Waals surface area contributed by atoms with Gasteiger partial charge in [0.1, 0.15) is 12.2 Å². The molecule has 13 heteroatoms. The van der Waals surface area contributed by atoms with Crippen molar-refractivity contribution in [2.75, 3.05) is 26.2 Å². The Labute approximate surface area is 252 Å². The Bertz CT molecular complexity index is 1240. The Morgan fingerprint density at radius 1 is 1.16 bits per heavy atom. The number of amides is 3. The molecular weight excluding hydrogens is 552 g/mol. The number of likely N-dealkylation sites (tertiary alicyclic amines) is 1. The summed E-state index contributed by atoms with van der Waals surface area (Å²) in [7, 11) is 0. The number of fused-ring (bicyclic) bond motifs is 1. The molecule has 4 atom stereocenters. The normalized spacial score (nSPS) is 19.2. The highest BCUT2D eigenvalue weighted by Crippen LogP contribution is 2.24. The highest BCUT2D eigenvalue weighted by Gasteiger charge is 2.35. The van der Waals surface area contributed by atoms with Crippen molar-refractivity contribution < 1.29 is 24.3 Å². The predicted molar refractivity (Wildman–Crippen MR) is 162 cm³/mol. The first-order valence-corrected chi connectivity index (χ1v) is 15.2. The van der Waals surface area contributed by atoms with Gasteiger partial charge in [0, 0.05) is 42.5 Å². The summed E-state index contributed by atoms with van der Waals surface area (Å²) < 4.78 is 0. The molecule has 236 valence electrons. The summed E-state index contributed by atoms with van der Waals surface area (Å²) in [6.07, 6.45) is 3.86. The summed E-state index contributed by atoms with van der Waals surface area (Å²) in [6, 6.07) is 5.38. The van der Waals surface area contributed by atoms with Crippen molar-refractivity contribution in [3.05, 3.63) is 36.0 Å². The number of benzene rings is 1. The molecule has 0 saturated carbocycles. The molecule has 0 bridgehead atoms. The summed E-state index contributed by atoms with van der Waals surface area (Å²) >= 11 is 0. The maximum absolute atomic E-state index is 13.2. The largest absolute Gasteiger partial charge is 0.481 e. The van der Waals surface area contributed by atoms with Crippen LogP contribution in [-0.4, -0.2) is 83.1 Å². The number of hydrogen-bond acceptors (Lipinski definition) is 8. The molecule has 1 aromatic heterocycles. The standard InChI is InChI=1S/C28H40N8O5.C2H6/c29-26(35-30)22(13-19-16-32-21-4-2-1-3-20(19)21)34-27(40)23(15-25(38)39)33-24(37)14-18-8-12-36(28(18)41)11-7-17-5-9-31-10-6-17;1-2/h1-4,16-18,22-23,26,30-32H,5-15,29H2,(H,33,37)(H,34,40)(H,38,39);1-2H3. The minimum absolute atomic E-state index is 0.0739. The van der Waals surface area contributed by atoms with Crippen LogP contribution in [0.25, 0.3) is 10.9 Å². The fourth-order valence-electron chi connectivity index (χ4n) is 5.75. The van der Waals surface area contributed by atoms with Crippen LogP contribution in [0.2, 0.25) is 0 Å². The highest BCUT2D eigenvalue weighted by molar-refractivity contribution is 5.93. The van der Waals surface area contributed by atoms with E-state index >= 15 is 0 Å². The zero-order valence-electron chi connectivity index (χ0n) is 25.1. The number of nitrogens with one attached hydrogen (secondary N) is 5.